The Morgan fingerprint density at radius 3 is 2.57 bits per heavy atom. The van der Waals surface area contributed by atoms with Gasteiger partial charge in [-0.15, -0.1) is 13.2 Å². The van der Waals surface area contributed by atoms with E-state index in [9.17, 15) is 4.79 Å². The second-order valence-electron chi connectivity index (χ2n) is 7.27. The lowest BCUT2D eigenvalue weighted by Crippen LogP contribution is -2.50. The molecule has 0 N–H and O–H groups in total. The highest BCUT2D eigenvalue weighted by molar-refractivity contribution is 5.69. The summed E-state index contributed by atoms with van der Waals surface area (Å²) < 4.78 is 17.1. The maximum Gasteiger partial charge on any atom is 0.412 e. The third kappa shape index (κ3) is 5.99. The molecule has 1 aliphatic heterocycles. The van der Waals surface area contributed by atoms with Crippen LogP contribution in [0.25, 0.3) is 0 Å². The van der Waals surface area contributed by atoms with Crippen LogP contribution in [0.5, 0.6) is 0 Å². The molecule has 0 radical (unpaired) electrons. The van der Waals surface area contributed by atoms with Crippen LogP contribution in [0.3, 0.4) is 0 Å². The fourth-order valence-electron chi connectivity index (χ4n) is 2.66. The Labute approximate surface area is 140 Å². The van der Waals surface area contributed by atoms with Crippen LogP contribution in [0.2, 0.25) is 0 Å². The second kappa shape index (κ2) is 7.97. The first kappa shape index (κ1) is 19.7. The minimum Gasteiger partial charge on any atom is -0.444 e. The van der Waals surface area contributed by atoms with Crippen LogP contribution in [0.4, 0.5) is 4.79 Å². The van der Waals surface area contributed by atoms with Gasteiger partial charge in [0.15, 0.2) is 0 Å². The van der Waals surface area contributed by atoms with Crippen molar-refractivity contribution in [3.05, 3.63) is 25.3 Å². The third-order valence-electron chi connectivity index (χ3n) is 3.58. The molecule has 2 atom stereocenters. The van der Waals surface area contributed by atoms with Gasteiger partial charge in [0.05, 0.1) is 25.4 Å². The van der Waals surface area contributed by atoms with Crippen LogP contribution in [0.15, 0.2) is 25.3 Å². The monoisotopic (exact) mass is 325 g/mol. The zero-order chi connectivity index (χ0) is 17.7. The molecule has 0 aromatic carbocycles. The number of carbonyl (C=O) groups excluding carboxylic acids is 1. The first-order chi connectivity index (χ1) is 10.6. The Bertz CT molecular complexity index is 425. The van der Waals surface area contributed by atoms with Crippen molar-refractivity contribution in [2.24, 2.45) is 0 Å². The van der Waals surface area contributed by atoms with Gasteiger partial charge in [-0.25, -0.2) is 4.79 Å². The van der Waals surface area contributed by atoms with Crippen LogP contribution in [-0.4, -0.2) is 47.7 Å². The molecule has 1 unspecified atom stereocenters. The largest absolute Gasteiger partial charge is 0.444 e. The van der Waals surface area contributed by atoms with Gasteiger partial charge in [0.2, 0.25) is 0 Å². The van der Waals surface area contributed by atoms with Crippen molar-refractivity contribution in [3.8, 4) is 0 Å². The molecule has 1 fully saturated rings. The molecule has 132 valence electrons. The van der Waals surface area contributed by atoms with Crippen molar-refractivity contribution in [1.82, 2.24) is 4.90 Å². The fourth-order valence-corrected chi connectivity index (χ4v) is 2.66. The summed E-state index contributed by atoms with van der Waals surface area (Å²) in [5, 5.41) is 0. The zero-order valence-corrected chi connectivity index (χ0v) is 15.1. The second-order valence-corrected chi connectivity index (χ2v) is 7.27. The van der Waals surface area contributed by atoms with Crippen LogP contribution in [0, 0.1) is 0 Å². The highest BCUT2D eigenvalue weighted by Crippen LogP contribution is 2.32. The number of ether oxygens (including phenoxy) is 3. The number of carbonyl (C=O) groups is 1. The highest BCUT2D eigenvalue weighted by Gasteiger charge is 2.46. The number of rotatable bonds is 7. The minimum absolute atomic E-state index is 0.0297. The molecule has 5 nitrogen and oxygen atoms in total. The van der Waals surface area contributed by atoms with E-state index in [-0.39, 0.29) is 18.2 Å². The van der Waals surface area contributed by atoms with Gasteiger partial charge in [-0.2, -0.15) is 0 Å². The first-order valence-corrected chi connectivity index (χ1v) is 8.10. The van der Waals surface area contributed by atoms with E-state index in [4.69, 9.17) is 14.2 Å². The van der Waals surface area contributed by atoms with Crippen molar-refractivity contribution < 1.29 is 19.0 Å². The smallest absolute Gasteiger partial charge is 0.412 e. The molecule has 1 aliphatic rings. The Kier molecular flexibility index (Phi) is 6.84. The van der Waals surface area contributed by atoms with E-state index >= 15 is 0 Å². The highest BCUT2D eigenvalue weighted by atomic mass is 16.6. The predicted octanol–water partition coefficient (Wildman–Crippen LogP) is 3.90. The van der Waals surface area contributed by atoms with Crippen LogP contribution >= 0.6 is 0 Å². The topological polar surface area (TPSA) is 48.0 Å². The Hall–Kier alpha value is -1.33. The molecule has 1 saturated heterocycles. The van der Waals surface area contributed by atoms with Crippen molar-refractivity contribution in [2.45, 2.75) is 70.9 Å². The lowest BCUT2D eigenvalue weighted by molar-refractivity contribution is -0.0643. The minimum atomic E-state index is -0.690. The van der Waals surface area contributed by atoms with E-state index in [1.54, 1.807) is 11.0 Å². The van der Waals surface area contributed by atoms with E-state index in [0.717, 1.165) is 0 Å². The lowest BCUT2D eigenvalue weighted by atomic mass is 10.1. The maximum absolute atomic E-state index is 12.6. The average Bonchev–Trinajstić information content (AvgIpc) is 2.69. The van der Waals surface area contributed by atoms with E-state index in [0.29, 0.717) is 26.1 Å². The first-order valence-electron chi connectivity index (χ1n) is 8.10. The molecule has 0 spiro atoms. The van der Waals surface area contributed by atoms with Crippen LogP contribution in [0.1, 0.15) is 47.5 Å². The third-order valence-corrected chi connectivity index (χ3v) is 3.58. The van der Waals surface area contributed by atoms with E-state index < -0.39 is 11.3 Å². The lowest BCUT2D eigenvalue weighted by Gasteiger charge is -2.36. The molecule has 0 bridgehead atoms. The Balaban J connectivity index is 2.83. The summed E-state index contributed by atoms with van der Waals surface area (Å²) in [7, 11) is 0. The predicted molar refractivity (Wildman–Crippen MR) is 91.3 cm³/mol. The average molecular weight is 325 g/mol. The molecule has 1 rings (SSSR count). The SMILES string of the molecule is C=CCO[C@@H](CC=C)CC1COC(C)(C)N1C(=O)OC(C)(C)C. The van der Waals surface area contributed by atoms with Crippen LogP contribution < -0.4 is 0 Å². The molecule has 0 saturated carbocycles. The number of hydrogen-bond acceptors (Lipinski definition) is 4. The van der Waals surface area contributed by atoms with Gasteiger partial charge in [-0.1, -0.05) is 12.2 Å². The summed E-state index contributed by atoms with van der Waals surface area (Å²) in [6, 6.07) is -0.0883. The molecule has 1 amide bonds. The molecule has 0 aromatic heterocycles. The number of nitrogens with zero attached hydrogens (tertiary/aromatic N) is 1. The van der Waals surface area contributed by atoms with Crippen molar-refractivity contribution in [3.63, 3.8) is 0 Å². The molecular formula is C18H31NO4. The molecule has 0 aromatic rings. The van der Waals surface area contributed by atoms with E-state index in [1.807, 2.05) is 40.7 Å². The van der Waals surface area contributed by atoms with E-state index in [1.165, 1.54) is 0 Å². The summed E-state index contributed by atoms with van der Waals surface area (Å²) in [5.41, 5.74) is -1.23. The molecule has 5 heteroatoms. The van der Waals surface area contributed by atoms with Gasteiger partial charge in [0.25, 0.3) is 0 Å². The Morgan fingerprint density at radius 2 is 2.04 bits per heavy atom. The normalized spacial score (nSPS) is 21.8. The van der Waals surface area contributed by atoms with Gasteiger partial charge in [0.1, 0.15) is 11.3 Å². The van der Waals surface area contributed by atoms with Gasteiger partial charge in [0, 0.05) is 0 Å². The van der Waals surface area contributed by atoms with E-state index in [2.05, 4.69) is 13.2 Å². The summed E-state index contributed by atoms with van der Waals surface area (Å²) >= 11 is 0. The standard InChI is InChI=1S/C18H31NO4/c1-8-10-15(21-11-9-2)12-14-13-22-18(6,7)19(14)16(20)23-17(3,4)5/h8-9,14-15H,1-2,10-13H2,3-7H3/t14?,15-/m0/s1. The van der Waals surface area contributed by atoms with Gasteiger partial charge in [-0.3, -0.25) is 4.90 Å². The molecule has 23 heavy (non-hydrogen) atoms. The summed E-state index contributed by atoms with van der Waals surface area (Å²) in [5.74, 6) is 0. The molecule has 1 heterocycles. The zero-order valence-electron chi connectivity index (χ0n) is 15.1. The quantitative estimate of drug-likeness (QED) is 0.666. The van der Waals surface area contributed by atoms with Crippen LogP contribution in [-0.2, 0) is 14.2 Å². The summed E-state index contributed by atoms with van der Waals surface area (Å²) in [6.45, 7) is 17.7. The van der Waals surface area contributed by atoms with Gasteiger partial charge < -0.3 is 14.2 Å². The Morgan fingerprint density at radius 1 is 1.39 bits per heavy atom. The number of hydrogen-bond donors (Lipinski definition) is 0. The van der Waals surface area contributed by atoms with Crippen molar-refractivity contribution in [2.75, 3.05) is 13.2 Å². The fraction of sp³-hybridized carbons (Fsp3) is 0.722. The van der Waals surface area contributed by atoms with Gasteiger partial charge >= 0.3 is 6.09 Å². The summed E-state index contributed by atoms with van der Waals surface area (Å²) in [6.07, 6.45) is 4.54. The van der Waals surface area contributed by atoms with Gasteiger partial charge in [-0.05, 0) is 47.5 Å². The summed E-state index contributed by atoms with van der Waals surface area (Å²) in [4.78, 5) is 14.3. The maximum atomic E-state index is 12.6. The van der Waals surface area contributed by atoms with Crippen molar-refractivity contribution in [1.29, 1.82) is 0 Å². The molecule has 0 aliphatic carbocycles. The van der Waals surface area contributed by atoms with Crippen molar-refractivity contribution >= 4 is 6.09 Å². The number of amides is 1. The molecular weight excluding hydrogens is 294 g/mol.